The second-order valence-corrected chi connectivity index (χ2v) is 5.48. The fraction of sp³-hybridized carbons (Fsp3) is 0.167. The van der Waals surface area contributed by atoms with Crippen molar-refractivity contribution in [1.29, 1.82) is 0 Å². The zero-order valence-electron chi connectivity index (χ0n) is 11.2. The molecule has 0 spiro atoms. The van der Waals surface area contributed by atoms with Crippen molar-refractivity contribution in [2.75, 3.05) is 0 Å². The van der Waals surface area contributed by atoms with E-state index >= 15 is 0 Å². The van der Waals surface area contributed by atoms with Crippen molar-refractivity contribution >= 4 is 22.9 Å². The predicted molar refractivity (Wildman–Crippen MR) is 78.0 cm³/mol. The van der Waals surface area contributed by atoms with Crippen LogP contribution in [0.15, 0.2) is 28.5 Å². The molecule has 0 N–H and O–H groups in total. The van der Waals surface area contributed by atoms with Crippen LogP contribution >= 0.6 is 22.9 Å². The minimum Gasteiger partial charge on any atom is -0.465 e. The van der Waals surface area contributed by atoms with Crippen molar-refractivity contribution in [2.24, 2.45) is 7.05 Å². The highest BCUT2D eigenvalue weighted by molar-refractivity contribution is 7.11. The van der Waals surface area contributed by atoms with Crippen molar-refractivity contribution in [3.05, 3.63) is 50.6 Å². The van der Waals surface area contributed by atoms with Crippen LogP contribution in [0.3, 0.4) is 0 Å². The summed E-state index contributed by atoms with van der Waals surface area (Å²) in [5.74, 6) is -0.611. The molecule has 0 amide bonds. The van der Waals surface area contributed by atoms with E-state index in [4.69, 9.17) is 16.3 Å². The van der Waals surface area contributed by atoms with Crippen molar-refractivity contribution in [2.45, 2.75) is 6.61 Å². The van der Waals surface area contributed by atoms with Crippen molar-refractivity contribution in [1.82, 2.24) is 24.8 Å². The van der Waals surface area contributed by atoms with Crippen LogP contribution < -0.4 is 10.4 Å². The summed E-state index contributed by atoms with van der Waals surface area (Å²) in [6, 6.07) is 2.56. The van der Waals surface area contributed by atoms with Gasteiger partial charge in [0, 0.05) is 24.2 Å². The first-order chi connectivity index (χ1) is 10.6. The van der Waals surface area contributed by atoms with E-state index in [-0.39, 0.29) is 11.6 Å². The zero-order valence-corrected chi connectivity index (χ0v) is 12.8. The average molecular weight is 342 g/mol. The highest BCUT2D eigenvalue weighted by Crippen LogP contribution is 2.27. The number of halogens is 2. The maximum absolute atomic E-state index is 13.7. The van der Waals surface area contributed by atoms with E-state index in [1.54, 1.807) is 11.6 Å². The van der Waals surface area contributed by atoms with Gasteiger partial charge in [0.25, 0.3) is 5.19 Å². The lowest BCUT2D eigenvalue weighted by Crippen LogP contribution is -2.23. The lowest BCUT2D eigenvalue weighted by atomic mass is 10.2. The Morgan fingerprint density at radius 1 is 1.41 bits per heavy atom. The van der Waals surface area contributed by atoms with Crippen LogP contribution in [0, 0.1) is 5.82 Å². The third-order valence-corrected chi connectivity index (χ3v) is 3.96. The summed E-state index contributed by atoms with van der Waals surface area (Å²) in [4.78, 5) is 15.9. The van der Waals surface area contributed by atoms with E-state index < -0.39 is 11.5 Å². The van der Waals surface area contributed by atoms with E-state index in [2.05, 4.69) is 15.4 Å². The summed E-state index contributed by atoms with van der Waals surface area (Å²) >= 11 is 7.30. The number of rotatable bonds is 4. The Morgan fingerprint density at radius 2 is 2.23 bits per heavy atom. The Hall–Kier alpha value is -2.26. The Bertz CT molecular complexity index is 861. The van der Waals surface area contributed by atoms with E-state index in [9.17, 15) is 9.18 Å². The molecule has 114 valence electrons. The van der Waals surface area contributed by atoms with Gasteiger partial charge in [0.05, 0.1) is 10.7 Å². The number of nitrogens with zero attached hydrogens (tertiary/aromatic N) is 5. The maximum atomic E-state index is 13.7. The molecule has 0 radical (unpaired) electrons. The summed E-state index contributed by atoms with van der Waals surface area (Å²) in [7, 11) is 1.46. The molecule has 10 heteroatoms. The Morgan fingerprint density at radius 3 is 2.86 bits per heavy atom. The Balaban J connectivity index is 2.04. The predicted octanol–water partition coefficient (Wildman–Crippen LogP) is 1.79. The van der Waals surface area contributed by atoms with Crippen LogP contribution in [0.4, 0.5) is 4.39 Å². The van der Waals surface area contributed by atoms with Crippen LogP contribution in [-0.4, -0.2) is 24.8 Å². The fourth-order valence-electron chi connectivity index (χ4n) is 1.80. The molecule has 0 aliphatic heterocycles. The van der Waals surface area contributed by atoms with Gasteiger partial charge in [0.15, 0.2) is 0 Å². The van der Waals surface area contributed by atoms with Crippen LogP contribution in [0.25, 0.3) is 5.69 Å². The smallest absolute Gasteiger partial charge is 0.368 e. The minimum atomic E-state index is -0.611. The summed E-state index contributed by atoms with van der Waals surface area (Å²) in [6.45, 7) is -0.0531. The number of hydrogen-bond donors (Lipinski definition) is 0. The van der Waals surface area contributed by atoms with Crippen molar-refractivity contribution in [3.63, 3.8) is 0 Å². The normalized spacial score (nSPS) is 10.9. The van der Waals surface area contributed by atoms with Crippen LogP contribution in [0.1, 0.15) is 5.56 Å². The Kier molecular flexibility index (Phi) is 3.90. The lowest BCUT2D eigenvalue weighted by molar-refractivity contribution is 0.303. The first-order valence-electron chi connectivity index (χ1n) is 6.06. The van der Waals surface area contributed by atoms with Crippen LogP contribution in [0.2, 0.25) is 5.02 Å². The second-order valence-electron chi connectivity index (χ2n) is 4.24. The van der Waals surface area contributed by atoms with Gasteiger partial charge in [-0.05, 0) is 22.6 Å². The van der Waals surface area contributed by atoms with Crippen molar-refractivity contribution in [3.8, 4) is 10.9 Å². The first kappa shape index (κ1) is 14.7. The lowest BCUT2D eigenvalue weighted by Gasteiger charge is -2.11. The van der Waals surface area contributed by atoms with Crippen LogP contribution in [0.5, 0.6) is 5.19 Å². The summed E-state index contributed by atoms with van der Waals surface area (Å²) in [5.41, 5.74) is 0.124. The molecule has 0 unspecified atom stereocenters. The molecule has 0 aliphatic rings. The number of ether oxygens (including phenoxy) is 1. The van der Waals surface area contributed by atoms with Gasteiger partial charge in [-0.25, -0.2) is 14.2 Å². The number of hydrogen-bond acceptors (Lipinski definition) is 6. The maximum Gasteiger partial charge on any atom is 0.368 e. The number of aromatic nitrogens is 5. The second kappa shape index (κ2) is 5.85. The molecule has 2 heterocycles. The molecule has 0 saturated carbocycles. The molecule has 22 heavy (non-hydrogen) atoms. The molecule has 0 bridgehead atoms. The minimum absolute atomic E-state index is 0.0531. The zero-order chi connectivity index (χ0) is 15.7. The molecule has 3 aromatic rings. The molecule has 2 aromatic heterocycles. The molecular weight excluding hydrogens is 333 g/mol. The average Bonchev–Trinajstić information content (AvgIpc) is 3.13. The summed E-state index contributed by atoms with van der Waals surface area (Å²) in [5, 5.41) is 9.38. The SMILES string of the molecule is Cn1nnn(-c2ccc(F)c(Cl)c2COc2nccs2)c1=O. The van der Waals surface area contributed by atoms with Gasteiger partial charge < -0.3 is 4.74 Å². The number of thiazole rings is 1. The summed E-state index contributed by atoms with van der Waals surface area (Å²) in [6.07, 6.45) is 1.58. The molecule has 0 saturated heterocycles. The largest absolute Gasteiger partial charge is 0.465 e. The van der Waals surface area contributed by atoms with Gasteiger partial charge in [-0.3, -0.25) is 0 Å². The highest BCUT2D eigenvalue weighted by Gasteiger charge is 2.17. The van der Waals surface area contributed by atoms with Gasteiger partial charge >= 0.3 is 5.69 Å². The molecule has 1 aromatic carbocycles. The van der Waals surface area contributed by atoms with Gasteiger partial charge in [-0.2, -0.15) is 9.36 Å². The molecule has 0 fully saturated rings. The number of benzene rings is 1. The standard InChI is InChI=1S/C12H9ClFN5O2S/c1-18-12(20)19(17-16-18)9-3-2-8(14)10(13)7(9)6-21-11-15-4-5-22-11/h2-5H,6H2,1H3. The van der Waals surface area contributed by atoms with E-state index in [0.29, 0.717) is 16.4 Å². The van der Waals surface area contributed by atoms with Crippen LogP contribution in [-0.2, 0) is 13.7 Å². The molecular formula is C12H9ClFN5O2S. The molecule has 0 aliphatic carbocycles. The van der Waals surface area contributed by atoms with E-state index in [0.717, 1.165) is 15.4 Å². The number of tetrazole rings is 1. The molecule has 3 rings (SSSR count). The highest BCUT2D eigenvalue weighted by atomic mass is 35.5. The van der Waals surface area contributed by atoms with Gasteiger partial charge in [-0.1, -0.05) is 22.9 Å². The Labute approximate surface area is 132 Å². The van der Waals surface area contributed by atoms with Gasteiger partial charge in [-0.15, -0.1) is 0 Å². The molecule has 0 atom stereocenters. The topological polar surface area (TPSA) is 74.8 Å². The third-order valence-electron chi connectivity index (χ3n) is 2.87. The summed E-state index contributed by atoms with van der Waals surface area (Å²) < 4.78 is 21.3. The first-order valence-corrected chi connectivity index (χ1v) is 7.32. The third kappa shape index (κ3) is 2.60. The quantitative estimate of drug-likeness (QED) is 0.723. The van der Waals surface area contributed by atoms with E-state index in [1.807, 2.05) is 0 Å². The fourth-order valence-corrected chi connectivity index (χ4v) is 2.50. The number of aryl methyl sites for hydroxylation is 1. The monoisotopic (exact) mass is 341 g/mol. The van der Waals surface area contributed by atoms with E-state index in [1.165, 1.54) is 24.5 Å². The van der Waals surface area contributed by atoms with Gasteiger partial charge in [0.1, 0.15) is 12.4 Å². The van der Waals surface area contributed by atoms with Crippen molar-refractivity contribution < 1.29 is 9.13 Å². The van der Waals surface area contributed by atoms with Gasteiger partial charge in [0.2, 0.25) is 0 Å². The molecule has 7 nitrogen and oxygen atoms in total.